The summed E-state index contributed by atoms with van der Waals surface area (Å²) in [6, 6.07) is 8.04. The lowest BCUT2D eigenvalue weighted by atomic mass is 10.2. The Balaban J connectivity index is 2.29. The van der Waals surface area contributed by atoms with E-state index >= 15 is 0 Å². The summed E-state index contributed by atoms with van der Waals surface area (Å²) in [5, 5.41) is 0. The molecule has 2 rings (SSSR count). The molecule has 0 radical (unpaired) electrons. The fourth-order valence-electron chi connectivity index (χ4n) is 1.82. The largest absolute Gasteiger partial charge is 0.399 e. The number of thiophene rings is 1. The monoisotopic (exact) mass is 330 g/mol. The molecule has 7 heteroatoms. The van der Waals surface area contributed by atoms with E-state index < -0.39 is 10.0 Å². The van der Waals surface area contributed by atoms with Crippen LogP contribution in [0.5, 0.6) is 0 Å². The average molecular weight is 331 g/mol. The van der Waals surface area contributed by atoms with Crippen LogP contribution in [0.25, 0.3) is 0 Å². The van der Waals surface area contributed by atoms with Crippen LogP contribution < -0.4 is 10.5 Å². The maximum absolute atomic E-state index is 12.4. The molecule has 0 aliphatic heterocycles. The van der Waals surface area contributed by atoms with Gasteiger partial charge < -0.3 is 5.73 Å². The van der Waals surface area contributed by atoms with E-state index in [2.05, 4.69) is 4.72 Å². The van der Waals surface area contributed by atoms with Gasteiger partial charge in [-0.1, -0.05) is 17.7 Å². The van der Waals surface area contributed by atoms with Crippen LogP contribution in [0.15, 0.2) is 35.2 Å². The highest BCUT2D eigenvalue weighted by Gasteiger charge is 2.21. The van der Waals surface area contributed by atoms with Crippen LogP contribution in [0.4, 0.5) is 5.69 Å². The van der Waals surface area contributed by atoms with Crippen LogP contribution in [0.1, 0.15) is 23.4 Å². The molecule has 1 heterocycles. The van der Waals surface area contributed by atoms with Gasteiger partial charge in [-0.3, -0.25) is 0 Å². The quantitative estimate of drug-likeness (QED) is 0.844. The van der Waals surface area contributed by atoms with E-state index in [1.54, 1.807) is 32.0 Å². The summed E-state index contributed by atoms with van der Waals surface area (Å²) in [6.07, 6.45) is 0. The highest BCUT2D eigenvalue weighted by Crippen LogP contribution is 2.28. The zero-order valence-electron chi connectivity index (χ0n) is 11.1. The molecule has 0 saturated heterocycles. The molecule has 3 N–H and O–H groups in total. The van der Waals surface area contributed by atoms with Gasteiger partial charge in [0.2, 0.25) is 10.0 Å². The van der Waals surface area contributed by atoms with Gasteiger partial charge in [0, 0.05) is 10.6 Å². The molecule has 0 amide bonds. The lowest BCUT2D eigenvalue weighted by Gasteiger charge is -2.14. The molecular formula is C13H15ClN2O2S2. The minimum atomic E-state index is -3.62. The summed E-state index contributed by atoms with van der Waals surface area (Å²) in [5.41, 5.74) is 6.74. The van der Waals surface area contributed by atoms with E-state index in [-0.39, 0.29) is 10.9 Å². The van der Waals surface area contributed by atoms with Crippen molar-refractivity contribution in [1.29, 1.82) is 0 Å². The SMILES string of the molecule is Cc1ccc(N)cc1S(=O)(=O)NC(C)c1ccc(Cl)s1. The predicted octanol–water partition coefficient (Wildman–Crippen LogP) is 3.33. The summed E-state index contributed by atoms with van der Waals surface area (Å²) in [6.45, 7) is 3.52. The fraction of sp³-hybridized carbons (Fsp3) is 0.231. The van der Waals surface area contributed by atoms with Crippen molar-refractivity contribution in [3.63, 3.8) is 0 Å². The molecule has 0 bridgehead atoms. The minimum Gasteiger partial charge on any atom is -0.399 e. The number of nitrogens with two attached hydrogens (primary N) is 1. The number of halogens is 1. The van der Waals surface area contributed by atoms with Crippen molar-refractivity contribution in [2.24, 2.45) is 0 Å². The number of benzene rings is 1. The Labute approximate surface area is 127 Å². The molecule has 4 nitrogen and oxygen atoms in total. The molecule has 0 aliphatic carbocycles. The molecule has 0 aliphatic rings. The Morgan fingerprint density at radius 1 is 1.30 bits per heavy atom. The average Bonchev–Trinajstić information content (AvgIpc) is 2.78. The van der Waals surface area contributed by atoms with Gasteiger partial charge in [0.1, 0.15) is 0 Å². The van der Waals surface area contributed by atoms with Crippen molar-refractivity contribution < 1.29 is 8.42 Å². The summed E-state index contributed by atoms with van der Waals surface area (Å²) >= 11 is 7.22. The lowest BCUT2D eigenvalue weighted by Crippen LogP contribution is -2.27. The Bertz CT molecular complexity index is 726. The van der Waals surface area contributed by atoms with Gasteiger partial charge >= 0.3 is 0 Å². The maximum atomic E-state index is 12.4. The van der Waals surface area contributed by atoms with Crippen LogP contribution in [-0.2, 0) is 10.0 Å². The second kappa shape index (κ2) is 5.73. The highest BCUT2D eigenvalue weighted by molar-refractivity contribution is 7.89. The normalized spacial score (nSPS) is 13.3. The third-order valence-corrected chi connectivity index (χ3v) is 5.95. The van der Waals surface area contributed by atoms with E-state index in [9.17, 15) is 8.42 Å². The molecule has 1 aromatic carbocycles. The van der Waals surface area contributed by atoms with Gasteiger partial charge in [-0.15, -0.1) is 11.3 Å². The Kier molecular flexibility index (Phi) is 4.39. The molecule has 1 atom stereocenters. The molecule has 1 aromatic heterocycles. The van der Waals surface area contributed by atoms with Crippen molar-refractivity contribution in [2.45, 2.75) is 24.8 Å². The van der Waals surface area contributed by atoms with Crippen molar-refractivity contribution in [3.8, 4) is 0 Å². The molecule has 2 aromatic rings. The smallest absolute Gasteiger partial charge is 0.241 e. The minimum absolute atomic E-state index is 0.201. The van der Waals surface area contributed by atoms with Gasteiger partial charge in [0.15, 0.2) is 0 Å². The van der Waals surface area contributed by atoms with Crippen LogP contribution >= 0.6 is 22.9 Å². The number of sulfonamides is 1. The molecule has 108 valence electrons. The van der Waals surface area contributed by atoms with Crippen LogP contribution in [0, 0.1) is 6.92 Å². The first-order valence-corrected chi connectivity index (χ1v) is 8.61. The number of anilines is 1. The van der Waals surface area contributed by atoms with Crippen LogP contribution in [0.2, 0.25) is 4.34 Å². The van der Waals surface area contributed by atoms with Crippen LogP contribution in [-0.4, -0.2) is 8.42 Å². The molecule has 20 heavy (non-hydrogen) atoms. The molecule has 0 fully saturated rings. The number of nitrogen functional groups attached to an aromatic ring is 1. The van der Waals surface area contributed by atoms with Gasteiger partial charge in [-0.2, -0.15) is 0 Å². The third-order valence-electron chi connectivity index (χ3n) is 2.85. The number of aryl methyl sites for hydroxylation is 1. The third kappa shape index (κ3) is 3.32. The van der Waals surface area contributed by atoms with Gasteiger partial charge in [-0.25, -0.2) is 13.1 Å². The molecule has 0 spiro atoms. The van der Waals surface area contributed by atoms with Gasteiger partial charge in [0.05, 0.1) is 15.3 Å². The second-order valence-electron chi connectivity index (χ2n) is 4.51. The first kappa shape index (κ1) is 15.3. The first-order valence-electron chi connectivity index (χ1n) is 5.93. The Morgan fingerprint density at radius 2 is 2.00 bits per heavy atom. The van der Waals surface area contributed by atoms with E-state index in [0.29, 0.717) is 15.6 Å². The van der Waals surface area contributed by atoms with E-state index in [1.165, 1.54) is 17.4 Å². The van der Waals surface area contributed by atoms with Gasteiger partial charge in [-0.05, 0) is 43.7 Å². The second-order valence-corrected chi connectivity index (χ2v) is 7.94. The number of rotatable bonds is 4. The fourth-order valence-corrected chi connectivity index (χ4v) is 4.46. The van der Waals surface area contributed by atoms with E-state index in [4.69, 9.17) is 17.3 Å². The Hall–Kier alpha value is -1.08. The lowest BCUT2D eigenvalue weighted by molar-refractivity contribution is 0.568. The summed E-state index contributed by atoms with van der Waals surface area (Å²) in [4.78, 5) is 1.06. The van der Waals surface area contributed by atoms with Crippen molar-refractivity contribution >= 4 is 38.6 Å². The summed E-state index contributed by atoms with van der Waals surface area (Å²) < 4.78 is 28.1. The van der Waals surface area contributed by atoms with Crippen molar-refractivity contribution in [2.75, 3.05) is 5.73 Å². The summed E-state index contributed by atoms with van der Waals surface area (Å²) in [5.74, 6) is 0. The topological polar surface area (TPSA) is 72.2 Å². The zero-order chi connectivity index (χ0) is 14.9. The van der Waals surface area contributed by atoms with E-state index in [0.717, 1.165) is 4.88 Å². The van der Waals surface area contributed by atoms with Crippen molar-refractivity contribution in [1.82, 2.24) is 4.72 Å². The molecule has 0 saturated carbocycles. The zero-order valence-corrected chi connectivity index (χ0v) is 13.4. The number of hydrogen-bond donors (Lipinski definition) is 2. The first-order chi connectivity index (χ1) is 9.29. The van der Waals surface area contributed by atoms with Crippen molar-refractivity contribution in [3.05, 3.63) is 45.1 Å². The number of nitrogens with one attached hydrogen (secondary N) is 1. The maximum Gasteiger partial charge on any atom is 0.241 e. The highest BCUT2D eigenvalue weighted by atomic mass is 35.5. The van der Waals surface area contributed by atoms with Crippen LogP contribution in [0.3, 0.4) is 0 Å². The van der Waals surface area contributed by atoms with Gasteiger partial charge in [0.25, 0.3) is 0 Å². The Morgan fingerprint density at radius 3 is 2.60 bits per heavy atom. The number of hydrogen-bond acceptors (Lipinski definition) is 4. The standard InChI is InChI=1S/C13H15ClN2O2S2/c1-8-3-4-10(15)7-12(8)20(17,18)16-9(2)11-5-6-13(14)19-11/h3-7,9,16H,15H2,1-2H3. The molecule has 1 unspecified atom stereocenters. The predicted molar refractivity (Wildman–Crippen MR) is 83.7 cm³/mol. The molecular weight excluding hydrogens is 316 g/mol. The summed E-state index contributed by atoms with van der Waals surface area (Å²) in [7, 11) is -3.62. The van der Waals surface area contributed by atoms with E-state index in [1.807, 2.05) is 6.07 Å².